The summed E-state index contributed by atoms with van der Waals surface area (Å²) in [5.41, 5.74) is 0.251. The molecule has 1 aliphatic heterocycles. The van der Waals surface area contributed by atoms with E-state index >= 15 is 0 Å². The maximum atomic E-state index is 12.0. The van der Waals surface area contributed by atoms with E-state index < -0.39 is 6.36 Å². The number of halogens is 3. The first-order valence-corrected chi connectivity index (χ1v) is 4.32. The van der Waals surface area contributed by atoms with Crippen LogP contribution in [-0.4, -0.2) is 13.0 Å². The normalized spacial score (nSPS) is 15.4. The summed E-state index contributed by atoms with van der Waals surface area (Å²) in [6.45, 7) is 0.433. The fourth-order valence-electron chi connectivity index (χ4n) is 1.35. The van der Waals surface area contributed by atoms with Gasteiger partial charge in [0.1, 0.15) is 11.5 Å². The molecule has 0 atom stereocenters. The van der Waals surface area contributed by atoms with E-state index in [1.807, 2.05) is 0 Å². The molecule has 1 heterocycles. The molecule has 2 radical (unpaired) electrons. The summed E-state index contributed by atoms with van der Waals surface area (Å²) in [5, 5.41) is 0. The molecule has 0 N–H and O–H groups in total. The predicted octanol–water partition coefficient (Wildman–Crippen LogP) is 2.80. The molecule has 80 valence electrons. The van der Waals surface area contributed by atoms with Crippen molar-refractivity contribution in [3.05, 3.63) is 30.2 Å². The van der Waals surface area contributed by atoms with Crippen LogP contribution in [0.5, 0.6) is 11.5 Å². The van der Waals surface area contributed by atoms with Crippen LogP contribution in [0.4, 0.5) is 13.2 Å². The summed E-state index contributed by atoms with van der Waals surface area (Å²) in [6, 6.07) is 4.28. The standard InChI is InChI=1S/C10H7F3O2/c11-10(12,13)15-9-5-1-4-8-7(9)3-2-6-14-8/h1,4-5H,2,6H2. The van der Waals surface area contributed by atoms with Gasteiger partial charge in [-0.25, -0.2) is 0 Å². The number of hydrogen-bond donors (Lipinski definition) is 0. The van der Waals surface area contributed by atoms with Gasteiger partial charge in [0.25, 0.3) is 0 Å². The van der Waals surface area contributed by atoms with Crippen LogP contribution in [-0.2, 0) is 0 Å². The number of hydrogen-bond acceptors (Lipinski definition) is 2. The summed E-state index contributed by atoms with van der Waals surface area (Å²) < 4.78 is 45.1. The van der Waals surface area contributed by atoms with Crippen molar-refractivity contribution in [2.45, 2.75) is 12.8 Å². The molecule has 0 unspecified atom stereocenters. The molecule has 0 aromatic heterocycles. The van der Waals surface area contributed by atoms with Crippen molar-refractivity contribution in [2.75, 3.05) is 6.61 Å². The molecule has 0 saturated heterocycles. The predicted molar refractivity (Wildman–Crippen MR) is 45.6 cm³/mol. The zero-order chi connectivity index (χ0) is 10.9. The van der Waals surface area contributed by atoms with Crippen LogP contribution in [0.1, 0.15) is 12.0 Å². The van der Waals surface area contributed by atoms with E-state index in [0.29, 0.717) is 18.8 Å². The van der Waals surface area contributed by atoms with Gasteiger partial charge in [-0.05, 0) is 18.6 Å². The van der Waals surface area contributed by atoms with Crippen molar-refractivity contribution >= 4 is 0 Å². The molecule has 0 bridgehead atoms. The van der Waals surface area contributed by atoms with Crippen molar-refractivity contribution in [3.63, 3.8) is 0 Å². The minimum Gasteiger partial charge on any atom is -0.493 e. The fourth-order valence-corrected chi connectivity index (χ4v) is 1.35. The zero-order valence-corrected chi connectivity index (χ0v) is 7.60. The molecular weight excluding hydrogens is 209 g/mol. The van der Waals surface area contributed by atoms with E-state index in [-0.39, 0.29) is 11.3 Å². The quantitative estimate of drug-likeness (QED) is 0.718. The van der Waals surface area contributed by atoms with Gasteiger partial charge in [0.2, 0.25) is 0 Å². The molecule has 0 fully saturated rings. The van der Waals surface area contributed by atoms with Crippen molar-refractivity contribution in [1.82, 2.24) is 0 Å². The largest absolute Gasteiger partial charge is 0.573 e. The molecule has 0 saturated carbocycles. The second kappa shape index (κ2) is 3.64. The Labute approximate surface area is 84.6 Å². The lowest BCUT2D eigenvalue weighted by Crippen LogP contribution is -2.19. The summed E-state index contributed by atoms with van der Waals surface area (Å²) in [5.74, 6) is 0.114. The van der Waals surface area contributed by atoms with Gasteiger partial charge in [-0.15, -0.1) is 13.2 Å². The molecule has 0 spiro atoms. The van der Waals surface area contributed by atoms with Crippen molar-refractivity contribution in [2.24, 2.45) is 0 Å². The van der Waals surface area contributed by atoms with E-state index in [1.54, 1.807) is 6.07 Å². The Hall–Kier alpha value is -1.39. The number of fused-ring (bicyclic) bond motifs is 1. The summed E-state index contributed by atoms with van der Waals surface area (Å²) in [7, 11) is 0. The average Bonchev–Trinajstić information content (AvgIpc) is 2.16. The number of benzene rings is 1. The van der Waals surface area contributed by atoms with Gasteiger partial charge in [0.15, 0.2) is 0 Å². The minimum atomic E-state index is -4.69. The first-order chi connectivity index (χ1) is 7.06. The Kier molecular flexibility index (Phi) is 2.46. The topological polar surface area (TPSA) is 18.5 Å². The van der Waals surface area contributed by atoms with Gasteiger partial charge >= 0.3 is 6.36 Å². The number of ether oxygens (including phenoxy) is 2. The van der Waals surface area contributed by atoms with Crippen molar-refractivity contribution in [3.8, 4) is 11.5 Å². The van der Waals surface area contributed by atoms with Gasteiger partial charge < -0.3 is 9.47 Å². The van der Waals surface area contributed by atoms with E-state index in [2.05, 4.69) is 11.2 Å². The third-order valence-corrected chi connectivity index (χ3v) is 1.88. The van der Waals surface area contributed by atoms with Crippen LogP contribution in [0.3, 0.4) is 0 Å². The zero-order valence-electron chi connectivity index (χ0n) is 7.60. The third kappa shape index (κ3) is 2.34. The van der Waals surface area contributed by atoms with E-state index in [1.165, 1.54) is 12.1 Å². The molecule has 2 nitrogen and oxygen atoms in total. The van der Waals surface area contributed by atoms with Crippen LogP contribution in [0.25, 0.3) is 0 Å². The smallest absolute Gasteiger partial charge is 0.493 e. The van der Waals surface area contributed by atoms with Gasteiger partial charge in [-0.2, -0.15) is 0 Å². The van der Waals surface area contributed by atoms with Crippen LogP contribution in [0.15, 0.2) is 18.2 Å². The van der Waals surface area contributed by atoms with E-state index in [0.717, 1.165) is 0 Å². The second-order valence-electron chi connectivity index (χ2n) is 2.95. The van der Waals surface area contributed by atoms with Crippen LogP contribution < -0.4 is 9.47 Å². The van der Waals surface area contributed by atoms with Crippen LogP contribution in [0, 0.1) is 6.42 Å². The molecule has 1 aliphatic rings. The van der Waals surface area contributed by atoms with E-state index in [9.17, 15) is 13.2 Å². The van der Waals surface area contributed by atoms with Gasteiger partial charge in [-0.1, -0.05) is 6.07 Å². The SMILES string of the molecule is FC(F)(F)Oc1cccc2c1[C]CCO2. The Morgan fingerprint density at radius 1 is 1.33 bits per heavy atom. The monoisotopic (exact) mass is 216 g/mol. The summed E-state index contributed by atoms with van der Waals surface area (Å²) >= 11 is 0. The summed E-state index contributed by atoms with van der Waals surface area (Å²) in [4.78, 5) is 0. The van der Waals surface area contributed by atoms with Gasteiger partial charge in [-0.3, -0.25) is 0 Å². The highest BCUT2D eigenvalue weighted by Crippen LogP contribution is 2.36. The minimum absolute atomic E-state index is 0.251. The molecule has 5 heteroatoms. The van der Waals surface area contributed by atoms with Crippen molar-refractivity contribution in [1.29, 1.82) is 0 Å². The highest BCUT2D eigenvalue weighted by Gasteiger charge is 2.33. The van der Waals surface area contributed by atoms with Gasteiger partial charge in [0, 0.05) is 12.0 Å². The lowest BCUT2D eigenvalue weighted by atomic mass is 10.1. The first kappa shape index (κ1) is 10.1. The fraction of sp³-hybridized carbons (Fsp3) is 0.300. The molecule has 1 aromatic carbocycles. The van der Waals surface area contributed by atoms with Crippen LogP contribution >= 0.6 is 0 Å². The molecule has 0 aliphatic carbocycles. The van der Waals surface area contributed by atoms with E-state index in [4.69, 9.17) is 4.74 Å². The second-order valence-corrected chi connectivity index (χ2v) is 2.95. The Morgan fingerprint density at radius 2 is 2.13 bits per heavy atom. The first-order valence-electron chi connectivity index (χ1n) is 4.32. The summed E-state index contributed by atoms with van der Waals surface area (Å²) in [6.07, 6.45) is -1.42. The Bertz CT molecular complexity index is 360. The average molecular weight is 216 g/mol. The maximum absolute atomic E-state index is 12.0. The maximum Gasteiger partial charge on any atom is 0.573 e. The molecule has 15 heavy (non-hydrogen) atoms. The Balaban J connectivity index is 2.31. The number of rotatable bonds is 1. The number of alkyl halides is 3. The lowest BCUT2D eigenvalue weighted by molar-refractivity contribution is -0.274. The highest BCUT2D eigenvalue weighted by atomic mass is 19.4. The third-order valence-electron chi connectivity index (χ3n) is 1.88. The van der Waals surface area contributed by atoms with Crippen molar-refractivity contribution < 1.29 is 22.6 Å². The Morgan fingerprint density at radius 3 is 2.87 bits per heavy atom. The van der Waals surface area contributed by atoms with Gasteiger partial charge in [0.05, 0.1) is 6.61 Å². The van der Waals surface area contributed by atoms with Crippen LogP contribution in [0.2, 0.25) is 0 Å². The molecule has 0 amide bonds. The molecular formula is C10H7F3O2. The molecule has 1 aromatic rings. The lowest BCUT2D eigenvalue weighted by Gasteiger charge is -2.20. The highest BCUT2D eigenvalue weighted by molar-refractivity contribution is 5.50. The molecule has 2 rings (SSSR count).